The van der Waals surface area contributed by atoms with Crippen LogP contribution in [-0.2, 0) is 6.61 Å². The molecule has 0 saturated carbocycles. The number of hydrogen-bond acceptors (Lipinski definition) is 1. The second-order valence-corrected chi connectivity index (χ2v) is 1.97. The fourth-order valence-electron chi connectivity index (χ4n) is 0.645. The van der Waals surface area contributed by atoms with Gasteiger partial charge in [0.1, 0.15) is 0 Å². The molecule has 0 aromatic heterocycles. The van der Waals surface area contributed by atoms with E-state index >= 15 is 0 Å². The van der Waals surface area contributed by atoms with Gasteiger partial charge in [0.25, 0.3) is 0 Å². The summed E-state index contributed by atoms with van der Waals surface area (Å²) in [6, 6.07) is 7.49. The molecule has 1 aromatic rings. The normalized spacial score (nSPS) is 7.73. The third-order valence-corrected chi connectivity index (χ3v) is 1.21. The average molecular weight is 181 g/mol. The van der Waals surface area contributed by atoms with Crippen molar-refractivity contribution < 1.29 is 17.5 Å². The monoisotopic (exact) mass is 180 g/mol. The average Bonchev–Trinajstić information content (AvgIpc) is 1.90. The van der Waals surface area contributed by atoms with Crippen LogP contribution in [0, 0.1) is 6.92 Å². The molecule has 0 atom stereocenters. The topological polar surface area (TPSA) is 20.2 Å². The Bertz CT molecular complexity index is 186. The van der Waals surface area contributed by atoms with Crippen molar-refractivity contribution in [3.63, 3.8) is 0 Å². The Morgan fingerprint density at radius 2 is 1.64 bits per heavy atom. The van der Waals surface area contributed by atoms with E-state index in [1.165, 1.54) is 0 Å². The number of aliphatic hydroxyl groups excluding tert-OH is 1. The first-order chi connectivity index (χ1) is 4.33. The number of benzene rings is 1. The van der Waals surface area contributed by atoms with Gasteiger partial charge in [-0.3, -0.25) is 0 Å². The first-order valence-corrected chi connectivity index (χ1v) is 2.84. The van der Waals surface area contributed by atoms with E-state index in [1.54, 1.807) is 0 Å². The van der Waals surface area contributed by atoms with Gasteiger partial charge in [-0.1, -0.05) is 0 Å². The Balaban J connectivity index is 0. The Kier molecular flexibility index (Phi) is 8.45. The summed E-state index contributed by atoms with van der Waals surface area (Å²) in [5, 5.41) is 8.61. The maximum absolute atomic E-state index is 8.61. The molecule has 0 aliphatic carbocycles. The molecule has 0 spiro atoms. The fraction of sp³-hybridized carbons (Fsp3) is 0.125. The van der Waals surface area contributed by atoms with Gasteiger partial charge in [0.15, 0.2) is 0 Å². The Morgan fingerprint density at radius 1 is 1.18 bits per heavy atom. The van der Waals surface area contributed by atoms with Crippen LogP contribution in [0.25, 0.3) is 0 Å². The minimum Gasteiger partial charge on any atom is -1.00 e. The zero-order valence-electron chi connectivity index (χ0n) is 6.26. The largest absolute Gasteiger partial charge is 2.00 e. The summed E-state index contributed by atoms with van der Waals surface area (Å²) in [5.74, 6) is 0. The smallest absolute Gasteiger partial charge is 1.00 e. The molecule has 1 rings (SSSR count). The van der Waals surface area contributed by atoms with Gasteiger partial charge < -0.3 is 17.5 Å². The molecular weight excluding hydrogens is 172 g/mol. The van der Waals surface area contributed by atoms with E-state index in [1.807, 2.05) is 24.3 Å². The second-order valence-electron chi connectivity index (χ2n) is 1.97. The van der Waals surface area contributed by atoms with Gasteiger partial charge in [0.2, 0.25) is 0 Å². The maximum atomic E-state index is 8.61. The molecule has 1 N–H and O–H groups in total. The van der Waals surface area contributed by atoms with Gasteiger partial charge in [0, 0.05) is 0 Å². The van der Waals surface area contributed by atoms with Crippen LogP contribution in [-0.4, -0.2) is 28.2 Å². The van der Waals surface area contributed by atoms with Crippen molar-refractivity contribution in [1.29, 1.82) is 0 Å². The third kappa shape index (κ3) is 4.53. The van der Waals surface area contributed by atoms with E-state index in [4.69, 9.17) is 5.11 Å². The van der Waals surface area contributed by atoms with Crippen LogP contribution in [0.1, 0.15) is 11.1 Å². The van der Waals surface area contributed by atoms with Crippen LogP contribution in [0.3, 0.4) is 0 Å². The van der Waals surface area contributed by atoms with Gasteiger partial charge in [-0.2, -0.15) is 24.6 Å². The van der Waals surface area contributed by atoms with Gasteiger partial charge >= 0.3 is 23.1 Å². The summed E-state index contributed by atoms with van der Waals surface area (Å²) >= 11 is 0. The molecule has 0 unspecified atom stereocenters. The van der Waals surface area contributed by atoms with Crippen LogP contribution < -0.4 is 12.4 Å². The van der Waals surface area contributed by atoms with E-state index in [0.717, 1.165) is 11.1 Å². The Morgan fingerprint density at radius 3 is 2.00 bits per heavy atom. The second kappa shape index (κ2) is 6.79. The molecule has 56 valence electrons. The molecule has 11 heavy (non-hydrogen) atoms. The molecule has 0 amide bonds. The standard InChI is InChI=1S/C8H9O.ClH.Mg/c1-7-2-4-8(6-9)5-3-7;;/h2-5,9H,1,6H2;1H;/q-1;;+2/p-1. The molecule has 0 fully saturated rings. The van der Waals surface area contributed by atoms with E-state index < -0.39 is 0 Å². The first-order valence-electron chi connectivity index (χ1n) is 2.84. The van der Waals surface area contributed by atoms with Crippen molar-refractivity contribution in [1.82, 2.24) is 0 Å². The van der Waals surface area contributed by atoms with Gasteiger partial charge in [0.05, 0.1) is 6.61 Å². The summed E-state index contributed by atoms with van der Waals surface area (Å²) in [7, 11) is 0. The SMILES string of the molecule is [CH2-]c1ccc(CO)cc1.[Cl-].[Mg+2]. The number of rotatable bonds is 1. The Labute approximate surface area is 89.4 Å². The van der Waals surface area contributed by atoms with E-state index in [2.05, 4.69) is 6.92 Å². The Hall–Kier alpha value is 0.106. The van der Waals surface area contributed by atoms with Crippen molar-refractivity contribution in [2.24, 2.45) is 0 Å². The molecule has 1 nitrogen and oxygen atoms in total. The molecule has 1 aromatic carbocycles. The molecule has 0 bridgehead atoms. The molecular formula is C8H9ClMgO. The van der Waals surface area contributed by atoms with Crippen LogP contribution in [0.5, 0.6) is 0 Å². The van der Waals surface area contributed by atoms with Crippen LogP contribution in [0.2, 0.25) is 0 Å². The third-order valence-electron chi connectivity index (χ3n) is 1.21. The van der Waals surface area contributed by atoms with Gasteiger partial charge in [-0.05, 0) is 5.56 Å². The number of aliphatic hydroxyl groups is 1. The molecule has 0 heterocycles. The molecule has 3 heteroatoms. The maximum Gasteiger partial charge on any atom is 2.00 e. The molecule has 0 aliphatic rings. The summed E-state index contributed by atoms with van der Waals surface area (Å²) in [5.41, 5.74) is 1.91. The summed E-state index contributed by atoms with van der Waals surface area (Å²) in [6.07, 6.45) is 0. The summed E-state index contributed by atoms with van der Waals surface area (Å²) in [4.78, 5) is 0. The predicted octanol–water partition coefficient (Wildman–Crippen LogP) is -2.02. The molecule has 0 radical (unpaired) electrons. The predicted molar refractivity (Wildman–Crippen MR) is 42.6 cm³/mol. The van der Waals surface area contributed by atoms with Crippen molar-refractivity contribution >= 4 is 23.1 Å². The van der Waals surface area contributed by atoms with Gasteiger partial charge in [-0.15, -0.1) is 12.1 Å². The molecule has 0 saturated heterocycles. The zero-order valence-corrected chi connectivity index (χ0v) is 8.43. The van der Waals surface area contributed by atoms with Crippen molar-refractivity contribution in [2.45, 2.75) is 6.61 Å². The van der Waals surface area contributed by atoms with E-state index in [-0.39, 0.29) is 42.1 Å². The summed E-state index contributed by atoms with van der Waals surface area (Å²) < 4.78 is 0. The van der Waals surface area contributed by atoms with Crippen LogP contribution in [0.15, 0.2) is 24.3 Å². The van der Waals surface area contributed by atoms with Gasteiger partial charge in [-0.25, -0.2) is 0 Å². The van der Waals surface area contributed by atoms with Crippen molar-refractivity contribution in [3.05, 3.63) is 42.3 Å². The quantitative estimate of drug-likeness (QED) is 0.391. The van der Waals surface area contributed by atoms with E-state index in [0.29, 0.717) is 0 Å². The van der Waals surface area contributed by atoms with Crippen molar-refractivity contribution in [2.75, 3.05) is 0 Å². The first kappa shape index (κ1) is 13.7. The van der Waals surface area contributed by atoms with Crippen LogP contribution >= 0.6 is 0 Å². The molecule has 0 aliphatic heterocycles. The number of hydrogen-bond donors (Lipinski definition) is 1. The fourth-order valence-corrected chi connectivity index (χ4v) is 0.645. The van der Waals surface area contributed by atoms with E-state index in [9.17, 15) is 0 Å². The number of halogens is 1. The summed E-state index contributed by atoms with van der Waals surface area (Å²) in [6.45, 7) is 3.83. The van der Waals surface area contributed by atoms with Crippen molar-refractivity contribution in [3.8, 4) is 0 Å². The van der Waals surface area contributed by atoms with Crippen LogP contribution in [0.4, 0.5) is 0 Å². The zero-order chi connectivity index (χ0) is 6.69. The minimum absolute atomic E-state index is 0. The minimum atomic E-state index is 0.